The number of amides is 1. The number of alkyl halides is 2. The zero-order valence-corrected chi connectivity index (χ0v) is 10.6. The largest absolute Gasteiger partial charge is 0.379 e. The van der Waals surface area contributed by atoms with Crippen molar-refractivity contribution in [3.8, 4) is 0 Å². The van der Waals surface area contributed by atoms with Crippen LogP contribution in [-0.4, -0.2) is 34.8 Å². The van der Waals surface area contributed by atoms with Crippen LogP contribution in [0.5, 0.6) is 0 Å². The Kier molecular flexibility index (Phi) is 4.77. The molecule has 1 aromatic heterocycles. The van der Waals surface area contributed by atoms with Gasteiger partial charge in [0.2, 0.25) is 0 Å². The highest BCUT2D eigenvalue weighted by atomic mass is 19.3. The molecule has 0 saturated heterocycles. The molecule has 0 unspecified atom stereocenters. The van der Waals surface area contributed by atoms with Crippen molar-refractivity contribution in [3.63, 3.8) is 0 Å². The van der Waals surface area contributed by atoms with Gasteiger partial charge in [-0.1, -0.05) is 0 Å². The highest BCUT2D eigenvalue weighted by molar-refractivity contribution is 5.92. The number of hydrogen-bond donors (Lipinski definition) is 1. The first-order chi connectivity index (χ1) is 8.34. The molecule has 7 heteroatoms. The van der Waals surface area contributed by atoms with Crippen LogP contribution in [0.2, 0.25) is 0 Å². The molecule has 0 fully saturated rings. The van der Waals surface area contributed by atoms with Crippen LogP contribution in [0.4, 0.5) is 14.5 Å². The lowest BCUT2D eigenvalue weighted by atomic mass is 10.1. The highest BCUT2D eigenvalue weighted by Crippen LogP contribution is 2.15. The number of aryl methyl sites for hydroxylation is 1. The number of anilines is 1. The average Bonchev–Trinajstić information content (AvgIpc) is 2.74. The van der Waals surface area contributed by atoms with Gasteiger partial charge >= 0.3 is 6.43 Å². The molecule has 102 valence electrons. The summed E-state index contributed by atoms with van der Waals surface area (Å²) in [7, 11) is 1.62. The van der Waals surface area contributed by atoms with Gasteiger partial charge in [-0.2, -0.15) is 13.9 Å². The van der Waals surface area contributed by atoms with Gasteiger partial charge in [-0.05, 0) is 20.3 Å². The van der Waals surface area contributed by atoms with E-state index in [1.807, 2.05) is 13.8 Å². The Balaban J connectivity index is 2.51. The van der Waals surface area contributed by atoms with E-state index in [2.05, 4.69) is 10.4 Å². The minimum atomic E-state index is -3.03. The third-order valence-corrected chi connectivity index (χ3v) is 2.59. The summed E-state index contributed by atoms with van der Waals surface area (Å²) in [5.41, 5.74) is -0.0197. The topological polar surface area (TPSA) is 56.1 Å². The monoisotopic (exact) mass is 261 g/mol. The van der Waals surface area contributed by atoms with Crippen LogP contribution in [0.1, 0.15) is 20.3 Å². The molecule has 0 spiro atoms. The van der Waals surface area contributed by atoms with Gasteiger partial charge in [0, 0.05) is 19.9 Å². The molecule has 0 bridgehead atoms. The fraction of sp³-hybridized carbons (Fsp3) is 0.636. The van der Waals surface area contributed by atoms with Gasteiger partial charge in [-0.3, -0.25) is 9.48 Å². The van der Waals surface area contributed by atoms with E-state index in [0.29, 0.717) is 13.0 Å². The molecule has 0 aliphatic heterocycles. The predicted molar refractivity (Wildman–Crippen MR) is 62.6 cm³/mol. The lowest BCUT2D eigenvalue weighted by Crippen LogP contribution is -2.24. The smallest absolute Gasteiger partial charge is 0.315 e. The molecule has 1 rings (SSSR count). The number of nitrogens with zero attached hydrogens (tertiary/aromatic N) is 2. The van der Waals surface area contributed by atoms with Crippen molar-refractivity contribution in [2.45, 2.75) is 38.8 Å². The maximum absolute atomic E-state index is 12.0. The summed E-state index contributed by atoms with van der Waals surface area (Å²) < 4.78 is 30.9. The lowest BCUT2D eigenvalue weighted by molar-refractivity contribution is -0.126. The minimum Gasteiger partial charge on any atom is -0.379 e. The number of rotatable bonds is 6. The zero-order chi connectivity index (χ0) is 13.8. The summed E-state index contributed by atoms with van der Waals surface area (Å²) in [6.07, 6.45) is 0.528. The summed E-state index contributed by atoms with van der Waals surface area (Å²) in [6.45, 7) is 4.46. The van der Waals surface area contributed by atoms with Gasteiger partial charge in [0.15, 0.2) is 0 Å². The average molecular weight is 261 g/mol. The maximum Gasteiger partial charge on any atom is 0.315 e. The van der Waals surface area contributed by atoms with Crippen molar-refractivity contribution in [2.75, 3.05) is 12.4 Å². The van der Waals surface area contributed by atoms with Gasteiger partial charge in [-0.15, -0.1) is 0 Å². The number of hydrogen-bond acceptors (Lipinski definition) is 3. The Labute approximate surface area is 104 Å². The van der Waals surface area contributed by atoms with E-state index in [1.54, 1.807) is 11.8 Å². The number of carbonyl (C=O) groups is 1. The summed E-state index contributed by atoms with van der Waals surface area (Å²) in [5.74, 6) is -1.33. The van der Waals surface area contributed by atoms with Crippen molar-refractivity contribution in [2.24, 2.45) is 0 Å². The van der Waals surface area contributed by atoms with Gasteiger partial charge in [-0.25, -0.2) is 0 Å². The molecule has 1 heterocycles. The zero-order valence-electron chi connectivity index (χ0n) is 10.6. The molecular weight excluding hydrogens is 244 g/mol. The Morgan fingerprint density at radius 1 is 1.61 bits per heavy atom. The van der Waals surface area contributed by atoms with Crippen molar-refractivity contribution in [1.29, 1.82) is 0 Å². The quantitative estimate of drug-likeness (QED) is 0.851. The van der Waals surface area contributed by atoms with Crippen LogP contribution >= 0.6 is 0 Å². The number of halogens is 2. The normalized spacial score (nSPS) is 11.9. The summed E-state index contributed by atoms with van der Waals surface area (Å²) in [6, 6.07) is 0. The van der Waals surface area contributed by atoms with Crippen molar-refractivity contribution in [3.05, 3.63) is 12.4 Å². The molecule has 1 N–H and O–H groups in total. The SMILES string of the molecule is COC(C)(C)CCn1cc(NC(=O)C(F)F)cn1. The Morgan fingerprint density at radius 2 is 2.28 bits per heavy atom. The first-order valence-electron chi connectivity index (χ1n) is 5.51. The van der Waals surface area contributed by atoms with E-state index in [9.17, 15) is 13.6 Å². The fourth-order valence-corrected chi connectivity index (χ4v) is 1.23. The third kappa shape index (κ3) is 4.40. The molecule has 0 aliphatic rings. The van der Waals surface area contributed by atoms with E-state index in [-0.39, 0.29) is 11.3 Å². The molecule has 1 amide bonds. The van der Waals surface area contributed by atoms with E-state index in [1.165, 1.54) is 12.4 Å². The summed E-state index contributed by atoms with van der Waals surface area (Å²) in [5, 5.41) is 6.04. The fourth-order valence-electron chi connectivity index (χ4n) is 1.23. The van der Waals surface area contributed by atoms with Crippen molar-refractivity contribution >= 4 is 11.6 Å². The summed E-state index contributed by atoms with van der Waals surface area (Å²) in [4.78, 5) is 10.8. The molecule has 1 aromatic rings. The summed E-state index contributed by atoms with van der Waals surface area (Å²) >= 11 is 0. The van der Waals surface area contributed by atoms with Crippen molar-refractivity contribution in [1.82, 2.24) is 9.78 Å². The minimum absolute atomic E-state index is 0.260. The number of methoxy groups -OCH3 is 1. The van der Waals surface area contributed by atoms with Gasteiger partial charge < -0.3 is 10.1 Å². The first kappa shape index (κ1) is 14.6. The third-order valence-electron chi connectivity index (χ3n) is 2.59. The van der Waals surface area contributed by atoms with Gasteiger partial charge in [0.1, 0.15) is 0 Å². The van der Waals surface area contributed by atoms with Crippen LogP contribution in [-0.2, 0) is 16.1 Å². The van der Waals surface area contributed by atoms with Crippen LogP contribution < -0.4 is 5.32 Å². The van der Waals surface area contributed by atoms with Crippen LogP contribution in [0.25, 0.3) is 0 Å². The van der Waals surface area contributed by atoms with Crippen LogP contribution in [0, 0.1) is 0 Å². The Bertz CT molecular complexity index is 405. The Hall–Kier alpha value is -1.50. The number of aromatic nitrogens is 2. The van der Waals surface area contributed by atoms with E-state index < -0.39 is 12.3 Å². The first-order valence-corrected chi connectivity index (χ1v) is 5.51. The van der Waals surface area contributed by atoms with Gasteiger partial charge in [0.25, 0.3) is 5.91 Å². The molecule has 0 radical (unpaired) electrons. The molecular formula is C11H17F2N3O2. The predicted octanol–water partition coefficient (Wildman–Crippen LogP) is 1.90. The standard InChI is InChI=1S/C11H17F2N3O2/c1-11(2,18-3)4-5-16-7-8(6-14-16)15-10(17)9(12)13/h6-7,9H,4-5H2,1-3H3,(H,15,17). The number of nitrogens with one attached hydrogen (secondary N) is 1. The van der Waals surface area contributed by atoms with E-state index in [0.717, 1.165) is 0 Å². The Morgan fingerprint density at radius 3 is 2.83 bits per heavy atom. The van der Waals surface area contributed by atoms with E-state index in [4.69, 9.17) is 4.74 Å². The maximum atomic E-state index is 12.0. The second-order valence-electron chi connectivity index (χ2n) is 4.50. The van der Waals surface area contributed by atoms with Gasteiger partial charge in [0.05, 0.1) is 17.5 Å². The molecule has 0 aliphatic carbocycles. The molecule has 18 heavy (non-hydrogen) atoms. The lowest BCUT2D eigenvalue weighted by Gasteiger charge is -2.22. The van der Waals surface area contributed by atoms with Crippen LogP contribution in [0.3, 0.4) is 0 Å². The highest BCUT2D eigenvalue weighted by Gasteiger charge is 2.17. The van der Waals surface area contributed by atoms with E-state index >= 15 is 0 Å². The number of carbonyl (C=O) groups excluding carboxylic acids is 1. The molecule has 0 atom stereocenters. The number of ether oxygens (including phenoxy) is 1. The molecule has 5 nitrogen and oxygen atoms in total. The second kappa shape index (κ2) is 5.90. The molecule has 0 saturated carbocycles. The molecule has 0 aromatic carbocycles. The van der Waals surface area contributed by atoms with Crippen LogP contribution in [0.15, 0.2) is 12.4 Å². The van der Waals surface area contributed by atoms with Crippen molar-refractivity contribution < 1.29 is 18.3 Å². The second-order valence-corrected chi connectivity index (χ2v) is 4.50.